The van der Waals surface area contributed by atoms with E-state index >= 15 is 0 Å². The molecule has 1 heterocycles. The number of carbonyl (C=O) groups is 1. The maximum absolute atomic E-state index is 12.8. The number of halogens is 1. The van der Waals surface area contributed by atoms with Gasteiger partial charge >= 0.3 is 0 Å². The van der Waals surface area contributed by atoms with Gasteiger partial charge in [0.2, 0.25) is 0 Å². The highest BCUT2D eigenvalue weighted by Gasteiger charge is 2.22. The van der Waals surface area contributed by atoms with Crippen molar-refractivity contribution in [3.8, 4) is 0 Å². The number of carbonyl (C=O) groups excluding carboxylic acids is 1. The minimum Gasteiger partial charge on any atom is -0.322 e. The van der Waals surface area contributed by atoms with Gasteiger partial charge in [-0.3, -0.25) is 4.79 Å². The third-order valence-corrected chi connectivity index (χ3v) is 2.05. The number of allylic oxidation sites excluding steroid dienone is 1. The van der Waals surface area contributed by atoms with Gasteiger partial charge in [-0.25, -0.2) is 4.39 Å². The Labute approximate surface area is 75.1 Å². The summed E-state index contributed by atoms with van der Waals surface area (Å²) in [4.78, 5) is 11.3. The number of nitrogens with one attached hydrogen (secondary N) is 1. The van der Waals surface area contributed by atoms with Gasteiger partial charge in [0.25, 0.3) is 5.91 Å². The van der Waals surface area contributed by atoms with Gasteiger partial charge in [-0.05, 0) is 25.1 Å². The van der Waals surface area contributed by atoms with E-state index in [0.29, 0.717) is 5.56 Å². The molecule has 1 N–H and O–H groups in total. The standard InChI is InChI=1S/C10H8FNO/c1-2-9-7-4-3-6(11)5-8(7)10(13)12-9/h2-5H,1H3,(H,12,13)/b9-2+. The van der Waals surface area contributed by atoms with Gasteiger partial charge in [0.1, 0.15) is 5.82 Å². The summed E-state index contributed by atoms with van der Waals surface area (Å²) >= 11 is 0. The van der Waals surface area contributed by atoms with Crippen molar-refractivity contribution in [2.75, 3.05) is 0 Å². The Morgan fingerprint density at radius 3 is 2.85 bits per heavy atom. The van der Waals surface area contributed by atoms with Crippen molar-refractivity contribution in [3.63, 3.8) is 0 Å². The number of hydrogen-bond acceptors (Lipinski definition) is 1. The van der Waals surface area contributed by atoms with E-state index in [9.17, 15) is 9.18 Å². The molecule has 1 amide bonds. The van der Waals surface area contributed by atoms with E-state index in [4.69, 9.17) is 0 Å². The van der Waals surface area contributed by atoms with Crippen molar-refractivity contribution < 1.29 is 9.18 Å². The molecule has 0 bridgehead atoms. The number of fused-ring (bicyclic) bond motifs is 1. The van der Waals surface area contributed by atoms with Crippen LogP contribution in [-0.4, -0.2) is 5.91 Å². The number of benzene rings is 1. The van der Waals surface area contributed by atoms with Gasteiger partial charge in [0.15, 0.2) is 0 Å². The van der Waals surface area contributed by atoms with Crippen LogP contribution >= 0.6 is 0 Å². The predicted octanol–water partition coefficient (Wildman–Crippen LogP) is 1.93. The molecule has 1 aliphatic heterocycles. The van der Waals surface area contributed by atoms with Crippen LogP contribution in [0, 0.1) is 5.82 Å². The zero-order valence-corrected chi connectivity index (χ0v) is 7.10. The molecule has 0 saturated carbocycles. The molecular formula is C10H8FNO. The minimum absolute atomic E-state index is 0.234. The molecule has 0 radical (unpaired) electrons. The Morgan fingerprint density at radius 1 is 1.38 bits per heavy atom. The van der Waals surface area contributed by atoms with Gasteiger partial charge in [0, 0.05) is 11.3 Å². The predicted molar refractivity (Wildman–Crippen MR) is 47.5 cm³/mol. The molecule has 1 aromatic carbocycles. The fourth-order valence-electron chi connectivity index (χ4n) is 1.42. The van der Waals surface area contributed by atoms with Crippen LogP contribution in [0.4, 0.5) is 4.39 Å². The fraction of sp³-hybridized carbons (Fsp3) is 0.100. The van der Waals surface area contributed by atoms with Gasteiger partial charge in [0.05, 0.1) is 5.56 Å². The lowest BCUT2D eigenvalue weighted by Gasteiger charge is -1.96. The van der Waals surface area contributed by atoms with Gasteiger partial charge in [-0.1, -0.05) is 6.08 Å². The second-order valence-corrected chi connectivity index (χ2v) is 2.85. The van der Waals surface area contributed by atoms with E-state index in [1.165, 1.54) is 12.1 Å². The molecule has 0 spiro atoms. The minimum atomic E-state index is -0.383. The number of amides is 1. The van der Waals surface area contributed by atoms with Gasteiger partial charge < -0.3 is 5.32 Å². The highest BCUT2D eigenvalue weighted by atomic mass is 19.1. The van der Waals surface area contributed by atoms with E-state index in [-0.39, 0.29) is 11.7 Å². The van der Waals surface area contributed by atoms with Crippen molar-refractivity contribution in [1.29, 1.82) is 0 Å². The molecule has 0 fully saturated rings. The third-order valence-electron chi connectivity index (χ3n) is 2.05. The maximum atomic E-state index is 12.8. The quantitative estimate of drug-likeness (QED) is 0.644. The molecule has 13 heavy (non-hydrogen) atoms. The first-order valence-electron chi connectivity index (χ1n) is 4.00. The first-order chi connectivity index (χ1) is 6.22. The lowest BCUT2D eigenvalue weighted by molar-refractivity contribution is 0.0980. The molecular weight excluding hydrogens is 169 g/mol. The van der Waals surface area contributed by atoms with Crippen LogP contribution in [0.3, 0.4) is 0 Å². The molecule has 1 aromatic rings. The van der Waals surface area contributed by atoms with Crippen LogP contribution in [0.1, 0.15) is 22.8 Å². The van der Waals surface area contributed by atoms with Crippen molar-refractivity contribution in [2.45, 2.75) is 6.92 Å². The highest BCUT2D eigenvalue weighted by Crippen LogP contribution is 2.24. The summed E-state index contributed by atoms with van der Waals surface area (Å²) in [6.45, 7) is 1.83. The zero-order valence-electron chi connectivity index (χ0n) is 7.10. The average molecular weight is 177 g/mol. The van der Waals surface area contributed by atoms with Crippen molar-refractivity contribution in [1.82, 2.24) is 5.32 Å². The summed E-state index contributed by atoms with van der Waals surface area (Å²) in [6.07, 6.45) is 1.79. The molecule has 2 rings (SSSR count). The summed E-state index contributed by atoms with van der Waals surface area (Å²) in [7, 11) is 0. The van der Waals surface area contributed by atoms with E-state index < -0.39 is 0 Å². The Bertz CT molecular complexity index is 409. The molecule has 0 aromatic heterocycles. The summed E-state index contributed by atoms with van der Waals surface area (Å²) in [5.74, 6) is -0.617. The molecule has 3 heteroatoms. The second kappa shape index (κ2) is 2.69. The van der Waals surface area contributed by atoms with E-state index in [0.717, 1.165) is 11.3 Å². The molecule has 0 saturated heterocycles. The average Bonchev–Trinajstić information content (AvgIpc) is 2.43. The summed E-state index contributed by atoms with van der Waals surface area (Å²) in [5.41, 5.74) is 1.93. The van der Waals surface area contributed by atoms with Crippen molar-refractivity contribution >= 4 is 11.6 Å². The Hall–Kier alpha value is -1.64. The number of hydrogen-bond donors (Lipinski definition) is 1. The Balaban J connectivity index is 2.65. The van der Waals surface area contributed by atoms with Crippen LogP contribution in [0.25, 0.3) is 5.70 Å². The SMILES string of the molecule is C/C=C1/NC(=O)c2cc(F)ccc21. The fourth-order valence-corrected chi connectivity index (χ4v) is 1.42. The first kappa shape index (κ1) is 7.98. The maximum Gasteiger partial charge on any atom is 0.256 e. The monoisotopic (exact) mass is 177 g/mol. The molecule has 0 unspecified atom stereocenters. The Kier molecular flexibility index (Phi) is 1.65. The van der Waals surface area contributed by atoms with Crippen LogP contribution in [-0.2, 0) is 0 Å². The molecule has 2 nitrogen and oxygen atoms in total. The first-order valence-corrected chi connectivity index (χ1v) is 4.00. The largest absolute Gasteiger partial charge is 0.322 e. The smallest absolute Gasteiger partial charge is 0.256 e. The van der Waals surface area contributed by atoms with E-state index in [1.807, 2.05) is 6.92 Å². The third kappa shape index (κ3) is 1.13. The van der Waals surface area contributed by atoms with E-state index in [2.05, 4.69) is 5.32 Å². The summed E-state index contributed by atoms with van der Waals surface area (Å²) < 4.78 is 12.8. The van der Waals surface area contributed by atoms with Crippen molar-refractivity contribution in [3.05, 3.63) is 41.2 Å². The molecule has 0 atom stereocenters. The summed E-state index contributed by atoms with van der Waals surface area (Å²) in [5, 5.41) is 2.65. The molecule has 66 valence electrons. The van der Waals surface area contributed by atoms with Gasteiger partial charge in [-0.15, -0.1) is 0 Å². The topological polar surface area (TPSA) is 29.1 Å². The summed E-state index contributed by atoms with van der Waals surface area (Å²) in [6, 6.07) is 4.21. The van der Waals surface area contributed by atoms with Crippen LogP contribution in [0.15, 0.2) is 24.3 Å². The van der Waals surface area contributed by atoms with E-state index in [1.54, 1.807) is 12.1 Å². The van der Waals surface area contributed by atoms with Crippen LogP contribution in [0.2, 0.25) is 0 Å². The lowest BCUT2D eigenvalue weighted by atomic mass is 10.1. The molecule has 0 aliphatic carbocycles. The van der Waals surface area contributed by atoms with Gasteiger partial charge in [-0.2, -0.15) is 0 Å². The zero-order chi connectivity index (χ0) is 9.42. The second-order valence-electron chi connectivity index (χ2n) is 2.85. The van der Waals surface area contributed by atoms with Crippen LogP contribution in [0.5, 0.6) is 0 Å². The highest BCUT2D eigenvalue weighted by molar-refractivity contribution is 6.09. The normalized spacial score (nSPS) is 17.4. The number of rotatable bonds is 0. The molecule has 1 aliphatic rings. The van der Waals surface area contributed by atoms with Crippen LogP contribution < -0.4 is 5.32 Å². The van der Waals surface area contributed by atoms with Crippen molar-refractivity contribution in [2.24, 2.45) is 0 Å². The Morgan fingerprint density at radius 2 is 2.15 bits per heavy atom. The lowest BCUT2D eigenvalue weighted by Crippen LogP contribution is -2.11.